The summed E-state index contributed by atoms with van der Waals surface area (Å²) >= 11 is 0. The fourth-order valence-electron chi connectivity index (χ4n) is 4.88. The summed E-state index contributed by atoms with van der Waals surface area (Å²) in [7, 11) is 0. The lowest BCUT2D eigenvalue weighted by molar-refractivity contribution is -0.124. The van der Waals surface area contributed by atoms with Crippen LogP contribution in [0.3, 0.4) is 0 Å². The lowest BCUT2D eigenvalue weighted by atomic mass is 10.1. The molecule has 3 aromatic heterocycles. The third-order valence-electron chi connectivity index (χ3n) is 6.76. The number of aryl methyl sites for hydroxylation is 2. The third kappa shape index (κ3) is 5.40. The van der Waals surface area contributed by atoms with Crippen LogP contribution in [0.2, 0.25) is 0 Å². The van der Waals surface area contributed by atoms with E-state index >= 15 is 0 Å². The normalized spacial score (nSPS) is 14.4. The van der Waals surface area contributed by atoms with Crippen LogP contribution in [0, 0.1) is 19.7 Å². The van der Waals surface area contributed by atoms with Crippen LogP contribution in [0.15, 0.2) is 47.4 Å². The second-order valence-corrected chi connectivity index (χ2v) is 9.63. The van der Waals surface area contributed by atoms with Crippen molar-refractivity contribution in [1.29, 1.82) is 0 Å². The highest BCUT2D eigenvalue weighted by Gasteiger charge is 2.34. The Labute approximate surface area is 227 Å². The van der Waals surface area contributed by atoms with E-state index in [4.69, 9.17) is 5.73 Å². The Hall–Kier alpha value is -4.68. The molecule has 1 amide bonds. The van der Waals surface area contributed by atoms with E-state index in [2.05, 4.69) is 25.7 Å². The van der Waals surface area contributed by atoms with Crippen LogP contribution in [0.25, 0.3) is 11.4 Å². The molecular formula is C27H27F3N8O2. The van der Waals surface area contributed by atoms with Gasteiger partial charge in [-0.3, -0.25) is 14.2 Å². The van der Waals surface area contributed by atoms with Crippen LogP contribution >= 0.6 is 0 Å². The van der Waals surface area contributed by atoms with Crippen LogP contribution in [0.5, 0.6) is 0 Å². The first-order chi connectivity index (χ1) is 19.1. The van der Waals surface area contributed by atoms with E-state index < -0.39 is 24.0 Å². The number of pyridine rings is 1. The number of nitrogens with zero attached hydrogens (tertiary/aromatic N) is 5. The van der Waals surface area contributed by atoms with Gasteiger partial charge in [0.05, 0.1) is 5.69 Å². The molecule has 1 aliphatic rings. The summed E-state index contributed by atoms with van der Waals surface area (Å²) in [6.45, 7) is 0.927. The van der Waals surface area contributed by atoms with Crippen molar-refractivity contribution < 1.29 is 18.0 Å². The number of alkyl halides is 2. The summed E-state index contributed by atoms with van der Waals surface area (Å²) in [6.07, 6.45) is 1.73. The number of nitrogens with two attached hydrogens (primary N) is 1. The molecule has 10 nitrogen and oxygen atoms in total. The number of hydrogen-bond donors (Lipinski definition) is 3. The van der Waals surface area contributed by atoms with Gasteiger partial charge >= 0.3 is 6.55 Å². The number of halogens is 3. The van der Waals surface area contributed by atoms with Gasteiger partial charge in [0.25, 0.3) is 5.56 Å². The molecule has 0 aliphatic carbocycles. The van der Waals surface area contributed by atoms with E-state index in [1.54, 1.807) is 32.0 Å². The van der Waals surface area contributed by atoms with Crippen LogP contribution < -0.4 is 21.9 Å². The van der Waals surface area contributed by atoms with E-state index in [1.807, 2.05) is 0 Å². The van der Waals surface area contributed by atoms with Crippen molar-refractivity contribution >= 4 is 17.5 Å². The zero-order valence-corrected chi connectivity index (χ0v) is 21.8. The van der Waals surface area contributed by atoms with Crippen LogP contribution in [0.1, 0.15) is 47.1 Å². The summed E-state index contributed by atoms with van der Waals surface area (Å²) in [5.74, 6) is -0.548. The van der Waals surface area contributed by atoms with Crippen molar-refractivity contribution in [1.82, 2.24) is 29.6 Å². The maximum absolute atomic E-state index is 13.9. The standard InChI is InChI=1S/C27H27F3N8O2/c1-14-9-16(11-18(28)10-14)12-32-24-26(40)38-20(23(35-24)19-7-8-37(36-19)27(29)30)4-5-21(38)25(39)33-13-17-3-6-22(31)34-15(17)2/h3,6-11,21,27H,4-5,12-13H2,1-2H3,(H2,31,34)(H,32,35)(H,33,39)/t21-/m0/s1. The van der Waals surface area contributed by atoms with Gasteiger partial charge in [0.1, 0.15) is 29.1 Å². The van der Waals surface area contributed by atoms with Crippen molar-refractivity contribution in [2.24, 2.45) is 0 Å². The fraction of sp³-hybridized carbons (Fsp3) is 0.296. The van der Waals surface area contributed by atoms with Gasteiger partial charge in [0, 0.05) is 25.0 Å². The van der Waals surface area contributed by atoms with Crippen molar-refractivity contribution in [3.8, 4) is 11.4 Å². The average Bonchev–Trinajstić information content (AvgIpc) is 3.56. The quantitative estimate of drug-likeness (QED) is 0.304. The summed E-state index contributed by atoms with van der Waals surface area (Å²) < 4.78 is 42.2. The maximum Gasteiger partial charge on any atom is 0.333 e. The molecule has 0 bridgehead atoms. The van der Waals surface area contributed by atoms with E-state index in [0.29, 0.717) is 45.9 Å². The van der Waals surface area contributed by atoms with E-state index in [9.17, 15) is 22.8 Å². The zero-order valence-electron chi connectivity index (χ0n) is 21.8. The first-order valence-corrected chi connectivity index (χ1v) is 12.6. The molecule has 5 rings (SSSR count). The Morgan fingerprint density at radius 2 is 1.95 bits per heavy atom. The molecule has 0 saturated heterocycles. The highest BCUT2D eigenvalue weighted by molar-refractivity contribution is 5.81. The minimum Gasteiger partial charge on any atom is -0.384 e. The topological polar surface area (TPSA) is 133 Å². The summed E-state index contributed by atoms with van der Waals surface area (Å²) in [6, 6.07) is 8.40. The molecule has 208 valence electrons. The highest BCUT2D eigenvalue weighted by Crippen LogP contribution is 2.32. The van der Waals surface area contributed by atoms with E-state index in [-0.39, 0.29) is 36.2 Å². The zero-order chi connectivity index (χ0) is 28.6. The molecule has 0 fully saturated rings. The number of amides is 1. The van der Waals surface area contributed by atoms with Crippen molar-refractivity contribution in [3.63, 3.8) is 0 Å². The van der Waals surface area contributed by atoms with Gasteiger partial charge in [-0.2, -0.15) is 13.9 Å². The summed E-state index contributed by atoms with van der Waals surface area (Å²) in [5, 5.41) is 9.72. The smallest absolute Gasteiger partial charge is 0.333 e. The molecule has 0 spiro atoms. The predicted molar refractivity (Wildman–Crippen MR) is 142 cm³/mol. The third-order valence-corrected chi connectivity index (χ3v) is 6.76. The molecule has 4 aromatic rings. The van der Waals surface area contributed by atoms with Crippen molar-refractivity contribution in [2.45, 2.75) is 52.4 Å². The first kappa shape index (κ1) is 26.9. The van der Waals surface area contributed by atoms with Gasteiger partial charge in [0.2, 0.25) is 5.91 Å². The van der Waals surface area contributed by atoms with Gasteiger partial charge in [0.15, 0.2) is 5.82 Å². The molecule has 1 atom stereocenters. The molecule has 4 N–H and O–H groups in total. The fourth-order valence-corrected chi connectivity index (χ4v) is 4.88. The molecule has 40 heavy (non-hydrogen) atoms. The lowest BCUT2D eigenvalue weighted by Gasteiger charge is -2.18. The second kappa shape index (κ2) is 10.8. The van der Waals surface area contributed by atoms with Gasteiger partial charge < -0.3 is 16.4 Å². The largest absolute Gasteiger partial charge is 0.384 e. The summed E-state index contributed by atoms with van der Waals surface area (Å²) in [5.41, 5.74) is 8.65. The number of hydrogen-bond acceptors (Lipinski definition) is 7. The van der Waals surface area contributed by atoms with E-state index in [1.165, 1.54) is 22.8 Å². The molecule has 0 unspecified atom stereocenters. The first-order valence-electron chi connectivity index (χ1n) is 12.6. The molecule has 1 aliphatic heterocycles. The number of nitrogen functional groups attached to an aromatic ring is 1. The molecule has 0 saturated carbocycles. The van der Waals surface area contributed by atoms with Gasteiger partial charge in [-0.1, -0.05) is 12.1 Å². The summed E-state index contributed by atoms with van der Waals surface area (Å²) in [4.78, 5) is 35.5. The minimum absolute atomic E-state index is 0.0748. The predicted octanol–water partition coefficient (Wildman–Crippen LogP) is 3.65. The number of rotatable bonds is 8. The monoisotopic (exact) mass is 552 g/mol. The molecular weight excluding hydrogens is 525 g/mol. The second-order valence-electron chi connectivity index (χ2n) is 9.63. The van der Waals surface area contributed by atoms with Crippen LogP contribution in [0.4, 0.5) is 24.8 Å². The van der Waals surface area contributed by atoms with Crippen molar-refractivity contribution in [2.75, 3.05) is 11.1 Å². The number of anilines is 2. The Bertz CT molecular complexity index is 1630. The lowest BCUT2D eigenvalue weighted by Crippen LogP contribution is -2.36. The molecule has 1 aromatic carbocycles. The Morgan fingerprint density at radius 3 is 2.65 bits per heavy atom. The van der Waals surface area contributed by atoms with Crippen molar-refractivity contribution in [3.05, 3.63) is 86.8 Å². The molecule has 4 heterocycles. The average molecular weight is 553 g/mol. The minimum atomic E-state index is -2.85. The highest BCUT2D eigenvalue weighted by atomic mass is 19.3. The number of carbonyl (C=O) groups excluding carboxylic acids is 1. The SMILES string of the molecule is Cc1cc(F)cc(CNc2nc(-c3ccn(C(F)F)n3)c3n(c2=O)[C@H](C(=O)NCc2ccc(N)nc2C)CC3)c1. The van der Waals surface area contributed by atoms with E-state index in [0.717, 1.165) is 11.8 Å². The number of carbonyl (C=O) groups is 1. The van der Waals surface area contributed by atoms with Gasteiger partial charge in [-0.05, 0) is 67.6 Å². The van der Waals surface area contributed by atoms with Crippen LogP contribution in [-0.4, -0.2) is 30.2 Å². The van der Waals surface area contributed by atoms with Gasteiger partial charge in [-0.15, -0.1) is 0 Å². The van der Waals surface area contributed by atoms with Crippen LogP contribution in [-0.2, 0) is 24.3 Å². The Balaban J connectivity index is 1.49. The number of nitrogens with one attached hydrogen (secondary N) is 2. The number of benzene rings is 1. The number of fused-ring (bicyclic) bond motifs is 1. The number of aromatic nitrogens is 5. The maximum atomic E-state index is 13.9. The van der Waals surface area contributed by atoms with Gasteiger partial charge in [-0.25, -0.2) is 19.0 Å². The Morgan fingerprint density at radius 1 is 1.15 bits per heavy atom. The molecule has 13 heteroatoms. The Kier molecular flexibility index (Phi) is 7.28. The molecule has 0 radical (unpaired) electrons.